The van der Waals surface area contributed by atoms with Gasteiger partial charge in [-0.2, -0.15) is 0 Å². The predicted octanol–water partition coefficient (Wildman–Crippen LogP) is 5.05. The van der Waals surface area contributed by atoms with Gasteiger partial charge in [-0.3, -0.25) is 4.79 Å². The molecular weight excluding hydrogens is 392 g/mol. The van der Waals surface area contributed by atoms with E-state index in [2.05, 4.69) is 36.7 Å². The van der Waals surface area contributed by atoms with Crippen LogP contribution in [0, 0.1) is 11.3 Å². The summed E-state index contributed by atoms with van der Waals surface area (Å²) < 4.78 is 7.15. The number of benzene rings is 1. The van der Waals surface area contributed by atoms with Crippen LogP contribution in [0.5, 0.6) is 5.75 Å². The van der Waals surface area contributed by atoms with Crippen molar-refractivity contribution in [2.24, 2.45) is 16.3 Å². The normalized spacial score (nSPS) is 20.0. The molecule has 1 aromatic rings. The van der Waals surface area contributed by atoms with Crippen molar-refractivity contribution >= 4 is 34.3 Å². The molecule has 138 valence electrons. The molecule has 1 aliphatic heterocycles. The van der Waals surface area contributed by atoms with E-state index in [1.807, 2.05) is 37.2 Å². The molecule has 0 aromatic heterocycles. The average Bonchev–Trinajstić information content (AvgIpc) is 2.56. The van der Waals surface area contributed by atoms with Gasteiger partial charge in [0.25, 0.3) is 0 Å². The number of nitrogens with zero attached hydrogens (tertiary/aromatic N) is 2. The molecule has 0 saturated heterocycles. The minimum absolute atomic E-state index is 0.0979. The van der Waals surface area contributed by atoms with Crippen molar-refractivity contribution < 1.29 is 9.53 Å². The highest BCUT2D eigenvalue weighted by atomic mass is 79.9. The fourth-order valence-electron chi connectivity index (χ4n) is 3.38. The van der Waals surface area contributed by atoms with Crippen molar-refractivity contribution in [2.75, 3.05) is 14.1 Å². The van der Waals surface area contributed by atoms with Gasteiger partial charge >= 0.3 is 0 Å². The molecule has 0 saturated carbocycles. The summed E-state index contributed by atoms with van der Waals surface area (Å²) in [6.45, 7) is 6.67. The maximum atomic E-state index is 11.8. The molecule has 1 aliphatic carbocycles. The summed E-state index contributed by atoms with van der Waals surface area (Å²) in [5.74, 6) is 1.80. The summed E-state index contributed by atoms with van der Waals surface area (Å²) in [7, 11) is 3.89. The van der Waals surface area contributed by atoms with Crippen LogP contribution < -0.4 is 4.74 Å². The Morgan fingerprint density at radius 3 is 2.62 bits per heavy atom. The van der Waals surface area contributed by atoms with Crippen molar-refractivity contribution in [1.29, 1.82) is 0 Å². The highest BCUT2D eigenvalue weighted by Crippen LogP contribution is 2.49. The molecule has 5 heteroatoms. The number of rotatable bonds is 3. The van der Waals surface area contributed by atoms with Crippen LogP contribution in [0.2, 0.25) is 0 Å². The maximum absolute atomic E-state index is 11.8. The van der Waals surface area contributed by atoms with Crippen LogP contribution in [0.1, 0.15) is 39.2 Å². The van der Waals surface area contributed by atoms with Gasteiger partial charge in [-0.25, -0.2) is 4.99 Å². The van der Waals surface area contributed by atoms with Crippen molar-refractivity contribution in [3.63, 3.8) is 0 Å². The van der Waals surface area contributed by atoms with Crippen LogP contribution in [0.25, 0.3) is 5.70 Å². The SMILES string of the molecule is CN(C)C=NC1=C2CC(C(C)(C)C)CC(C=O)=C2Oc2ccc(Br)cc21. The van der Waals surface area contributed by atoms with E-state index in [0.29, 0.717) is 11.7 Å². The second kappa shape index (κ2) is 7.03. The van der Waals surface area contributed by atoms with Gasteiger partial charge in [0, 0.05) is 35.3 Å². The van der Waals surface area contributed by atoms with E-state index in [1.54, 1.807) is 6.34 Å². The number of hydrogen-bond donors (Lipinski definition) is 0. The molecule has 3 rings (SSSR count). The molecule has 0 spiro atoms. The van der Waals surface area contributed by atoms with Gasteiger partial charge in [-0.05, 0) is 42.4 Å². The van der Waals surface area contributed by atoms with E-state index in [-0.39, 0.29) is 5.41 Å². The third-order valence-corrected chi connectivity index (χ3v) is 5.46. The highest BCUT2D eigenvalue weighted by molar-refractivity contribution is 9.10. The smallest absolute Gasteiger partial charge is 0.149 e. The number of aldehydes is 1. The molecule has 0 radical (unpaired) electrons. The van der Waals surface area contributed by atoms with E-state index in [1.165, 1.54) is 0 Å². The first-order chi connectivity index (χ1) is 12.2. The fourth-order valence-corrected chi connectivity index (χ4v) is 3.74. The van der Waals surface area contributed by atoms with Crippen LogP contribution in [0.15, 0.2) is 44.6 Å². The average molecular weight is 417 g/mol. The number of allylic oxidation sites excluding steroid dienone is 2. The first kappa shape index (κ1) is 18.9. The monoisotopic (exact) mass is 416 g/mol. The third-order valence-electron chi connectivity index (χ3n) is 4.96. The lowest BCUT2D eigenvalue weighted by Gasteiger charge is -2.38. The summed E-state index contributed by atoms with van der Waals surface area (Å²) in [4.78, 5) is 18.5. The Morgan fingerprint density at radius 2 is 2.00 bits per heavy atom. The lowest BCUT2D eigenvalue weighted by Crippen LogP contribution is -2.28. The molecule has 0 bridgehead atoms. The van der Waals surface area contributed by atoms with E-state index in [9.17, 15) is 4.79 Å². The van der Waals surface area contributed by atoms with Gasteiger partial charge in [0.1, 0.15) is 17.8 Å². The van der Waals surface area contributed by atoms with Crippen LogP contribution in [0.4, 0.5) is 0 Å². The first-order valence-electron chi connectivity index (χ1n) is 8.81. The Labute approximate surface area is 163 Å². The lowest BCUT2D eigenvalue weighted by atomic mass is 9.70. The predicted molar refractivity (Wildman–Crippen MR) is 109 cm³/mol. The Kier molecular flexibility index (Phi) is 5.11. The summed E-state index contributed by atoms with van der Waals surface area (Å²) in [6.07, 6.45) is 4.34. The Hall–Kier alpha value is -1.88. The molecule has 1 atom stereocenters. The number of halogens is 1. The number of fused-ring (bicyclic) bond motifs is 2. The fraction of sp³-hybridized carbons (Fsp3) is 0.429. The minimum atomic E-state index is 0.0979. The molecule has 1 aromatic carbocycles. The summed E-state index contributed by atoms with van der Waals surface area (Å²) >= 11 is 3.55. The van der Waals surface area contributed by atoms with Gasteiger partial charge in [0.2, 0.25) is 0 Å². The maximum Gasteiger partial charge on any atom is 0.149 e. The molecule has 1 heterocycles. The van der Waals surface area contributed by atoms with Crippen molar-refractivity contribution in [2.45, 2.75) is 33.6 Å². The number of carbonyl (C=O) groups excluding carboxylic acids is 1. The quantitative estimate of drug-likeness (QED) is 0.393. The van der Waals surface area contributed by atoms with Gasteiger partial charge < -0.3 is 9.64 Å². The standard InChI is InChI=1S/C21H25BrN2O2/c1-21(2,3)14-8-13(11-25)20-17(9-14)19(23-12-24(4)5)16-10-15(22)6-7-18(16)26-20/h6-7,10-12,14H,8-9H2,1-5H3. The van der Waals surface area contributed by atoms with Crippen LogP contribution >= 0.6 is 15.9 Å². The third kappa shape index (κ3) is 3.63. The van der Waals surface area contributed by atoms with E-state index >= 15 is 0 Å². The summed E-state index contributed by atoms with van der Waals surface area (Å²) in [5.41, 5.74) is 3.71. The van der Waals surface area contributed by atoms with E-state index < -0.39 is 0 Å². The zero-order valence-corrected chi connectivity index (χ0v) is 17.6. The Bertz CT molecular complexity index is 829. The second-order valence-corrected chi connectivity index (χ2v) is 9.14. The van der Waals surface area contributed by atoms with Crippen LogP contribution in [-0.4, -0.2) is 31.6 Å². The van der Waals surface area contributed by atoms with Crippen molar-refractivity contribution in [3.05, 3.63) is 45.1 Å². The zero-order chi connectivity index (χ0) is 19.1. The van der Waals surface area contributed by atoms with E-state index in [4.69, 9.17) is 9.73 Å². The first-order valence-corrected chi connectivity index (χ1v) is 9.60. The van der Waals surface area contributed by atoms with Gasteiger partial charge in [-0.1, -0.05) is 36.7 Å². The summed E-state index contributed by atoms with van der Waals surface area (Å²) in [6, 6.07) is 5.90. The summed E-state index contributed by atoms with van der Waals surface area (Å²) in [5, 5.41) is 0. The van der Waals surface area contributed by atoms with Gasteiger partial charge in [-0.15, -0.1) is 0 Å². The molecule has 0 amide bonds. The van der Waals surface area contributed by atoms with Gasteiger partial charge in [0.15, 0.2) is 0 Å². The second-order valence-electron chi connectivity index (χ2n) is 8.22. The molecular formula is C21H25BrN2O2. The molecule has 2 aliphatic rings. The molecule has 4 nitrogen and oxygen atoms in total. The van der Waals surface area contributed by atoms with Crippen molar-refractivity contribution in [1.82, 2.24) is 4.90 Å². The zero-order valence-electron chi connectivity index (χ0n) is 16.0. The number of ether oxygens (including phenoxy) is 1. The van der Waals surface area contributed by atoms with Gasteiger partial charge in [0.05, 0.1) is 12.0 Å². The van der Waals surface area contributed by atoms with Crippen LogP contribution in [0.3, 0.4) is 0 Å². The Balaban J connectivity index is 2.24. The topological polar surface area (TPSA) is 41.9 Å². The number of aliphatic imine (C=N–C) groups is 1. The Morgan fingerprint density at radius 1 is 1.27 bits per heavy atom. The van der Waals surface area contributed by atoms with Crippen LogP contribution in [-0.2, 0) is 4.79 Å². The minimum Gasteiger partial charge on any atom is -0.456 e. The largest absolute Gasteiger partial charge is 0.456 e. The molecule has 0 N–H and O–H groups in total. The molecule has 26 heavy (non-hydrogen) atoms. The molecule has 1 unspecified atom stereocenters. The van der Waals surface area contributed by atoms with Crippen molar-refractivity contribution in [3.8, 4) is 5.75 Å². The molecule has 0 fully saturated rings. The highest BCUT2D eigenvalue weighted by Gasteiger charge is 2.37. The number of carbonyl (C=O) groups is 1. The number of hydrogen-bond acceptors (Lipinski definition) is 3. The lowest BCUT2D eigenvalue weighted by molar-refractivity contribution is -0.105. The van der Waals surface area contributed by atoms with E-state index in [0.717, 1.165) is 51.8 Å².